The number of rotatable bonds is 6. The maximum Gasteiger partial charge on any atom is 0.451 e. The van der Waals surface area contributed by atoms with E-state index in [9.17, 15) is 9.90 Å². The Bertz CT molecular complexity index is 609. The molecule has 6 N–H and O–H groups in total. The Labute approximate surface area is 139 Å². The zero-order valence-corrected chi connectivity index (χ0v) is 13.2. The van der Waals surface area contributed by atoms with E-state index in [1.54, 1.807) is 6.34 Å². The van der Waals surface area contributed by atoms with E-state index in [0.717, 1.165) is 0 Å². The third kappa shape index (κ3) is 2.85. The number of aliphatic imine (C=N–C) groups is 2. The van der Waals surface area contributed by atoms with Gasteiger partial charge >= 0.3 is 13.1 Å². The molecule has 3 heterocycles. The number of carbonyl (C=O) groups is 1. The second-order valence-corrected chi connectivity index (χ2v) is 6.21. The summed E-state index contributed by atoms with van der Waals surface area (Å²) in [5.74, 6) is 5.49. The lowest BCUT2D eigenvalue weighted by Crippen LogP contribution is -2.55. The fourth-order valence-electron chi connectivity index (χ4n) is 3.34. The first-order valence-corrected chi connectivity index (χ1v) is 7.91. The Morgan fingerprint density at radius 3 is 3.00 bits per heavy atom. The van der Waals surface area contributed by atoms with Crippen LogP contribution < -0.4 is 11.2 Å². The Kier molecular flexibility index (Phi) is 4.48. The smallest absolute Gasteiger partial charge is 0.451 e. The molecule has 3 aliphatic heterocycles. The van der Waals surface area contributed by atoms with Gasteiger partial charge in [-0.05, 0) is 19.2 Å². The highest BCUT2D eigenvalue weighted by atomic mass is 16.4. The molecular formula is C13H21BN6O4. The number of nitrogens with two attached hydrogens (primary N) is 1. The van der Waals surface area contributed by atoms with Crippen molar-refractivity contribution in [3.63, 3.8) is 0 Å². The molecule has 2 atom stereocenters. The number of nitrogens with zero attached hydrogens (tertiary/aromatic N) is 4. The van der Waals surface area contributed by atoms with Gasteiger partial charge < -0.3 is 25.4 Å². The minimum Gasteiger partial charge on any atom is -0.481 e. The van der Waals surface area contributed by atoms with Gasteiger partial charge in [0.25, 0.3) is 0 Å². The molecule has 0 aromatic carbocycles. The Morgan fingerprint density at radius 1 is 1.54 bits per heavy atom. The number of carboxylic acids is 1. The van der Waals surface area contributed by atoms with E-state index < -0.39 is 24.7 Å². The molecule has 0 aliphatic carbocycles. The largest absolute Gasteiger partial charge is 0.481 e. The van der Waals surface area contributed by atoms with Crippen LogP contribution in [0.2, 0.25) is 6.32 Å². The number of carboxylic acid groups (broad SMARTS) is 1. The molecular weight excluding hydrogens is 315 g/mol. The fraction of sp³-hybridized carbons (Fsp3) is 0.615. The molecule has 1 saturated heterocycles. The summed E-state index contributed by atoms with van der Waals surface area (Å²) >= 11 is 0. The Balaban J connectivity index is 1.83. The lowest BCUT2D eigenvalue weighted by Gasteiger charge is -2.39. The van der Waals surface area contributed by atoms with Crippen LogP contribution in [-0.2, 0) is 4.79 Å². The van der Waals surface area contributed by atoms with Crippen molar-refractivity contribution in [3.05, 3.63) is 11.5 Å². The standard InChI is InChI=1S/C13H21BN6O4/c15-20-8-17-11(19-5-2-9(6-19)12(21)22)10-13(20,18-7-16-10)3-1-4-14(23)24/h7-9,23-24H,1-6,15H2,(H,16,18)(H,21,22). The molecule has 0 aromatic heterocycles. The highest BCUT2D eigenvalue weighted by molar-refractivity contribution is 6.40. The quantitative estimate of drug-likeness (QED) is 0.287. The van der Waals surface area contributed by atoms with E-state index in [4.69, 9.17) is 15.9 Å². The van der Waals surface area contributed by atoms with Gasteiger partial charge in [-0.2, -0.15) is 0 Å². The van der Waals surface area contributed by atoms with Gasteiger partial charge in [-0.15, -0.1) is 0 Å². The SMILES string of the molecule is NN1C=NC(N2CCC(C(=O)O)C2)=C2NC=NC21CCCB(O)O. The molecule has 130 valence electrons. The van der Waals surface area contributed by atoms with Gasteiger partial charge in [-0.25, -0.2) is 15.8 Å². The van der Waals surface area contributed by atoms with Crippen LogP contribution in [0.1, 0.15) is 19.3 Å². The minimum atomic E-state index is -1.37. The Hall–Kier alpha value is -2.11. The number of hydrazine groups is 1. The van der Waals surface area contributed by atoms with Crippen molar-refractivity contribution in [1.29, 1.82) is 0 Å². The fourth-order valence-corrected chi connectivity index (χ4v) is 3.34. The van der Waals surface area contributed by atoms with Crippen molar-refractivity contribution in [2.45, 2.75) is 31.2 Å². The van der Waals surface area contributed by atoms with Crippen LogP contribution in [0.15, 0.2) is 21.5 Å². The molecule has 0 aromatic rings. The van der Waals surface area contributed by atoms with Crippen molar-refractivity contribution in [1.82, 2.24) is 15.2 Å². The molecule has 3 rings (SSSR count). The predicted octanol–water partition coefficient (Wildman–Crippen LogP) is -1.64. The van der Waals surface area contributed by atoms with Crippen molar-refractivity contribution in [3.8, 4) is 0 Å². The van der Waals surface area contributed by atoms with Crippen LogP contribution in [0.25, 0.3) is 0 Å². The third-order valence-electron chi connectivity index (χ3n) is 4.67. The van der Waals surface area contributed by atoms with Gasteiger partial charge in [0.2, 0.25) is 0 Å². The first-order chi connectivity index (χ1) is 11.4. The summed E-state index contributed by atoms with van der Waals surface area (Å²) in [5, 5.41) is 31.7. The average Bonchev–Trinajstić information content (AvgIpc) is 3.15. The van der Waals surface area contributed by atoms with Gasteiger partial charge in [0, 0.05) is 13.1 Å². The van der Waals surface area contributed by atoms with E-state index in [-0.39, 0.29) is 6.32 Å². The summed E-state index contributed by atoms with van der Waals surface area (Å²) in [6, 6.07) is 0. The highest BCUT2D eigenvalue weighted by Crippen LogP contribution is 2.37. The number of hydrogen-bond donors (Lipinski definition) is 5. The zero-order valence-electron chi connectivity index (χ0n) is 13.2. The summed E-state index contributed by atoms with van der Waals surface area (Å²) in [7, 11) is -1.37. The van der Waals surface area contributed by atoms with Gasteiger partial charge in [0.15, 0.2) is 11.5 Å². The monoisotopic (exact) mass is 336 g/mol. The van der Waals surface area contributed by atoms with Crippen molar-refractivity contribution in [2.24, 2.45) is 21.7 Å². The van der Waals surface area contributed by atoms with Crippen LogP contribution in [-0.4, -0.2) is 69.6 Å². The van der Waals surface area contributed by atoms with Gasteiger partial charge in [-0.3, -0.25) is 9.80 Å². The lowest BCUT2D eigenvalue weighted by molar-refractivity contribution is -0.141. The molecule has 24 heavy (non-hydrogen) atoms. The van der Waals surface area contributed by atoms with Crippen LogP contribution in [0, 0.1) is 5.92 Å². The number of likely N-dealkylation sites (tertiary alicyclic amines) is 1. The first-order valence-electron chi connectivity index (χ1n) is 7.91. The van der Waals surface area contributed by atoms with E-state index in [0.29, 0.717) is 43.9 Å². The molecule has 1 fully saturated rings. The summed E-state index contributed by atoms with van der Waals surface area (Å²) in [6.07, 6.45) is 4.79. The maximum absolute atomic E-state index is 11.2. The van der Waals surface area contributed by atoms with E-state index in [2.05, 4.69) is 15.3 Å². The highest BCUT2D eigenvalue weighted by Gasteiger charge is 2.46. The molecule has 3 aliphatic rings. The van der Waals surface area contributed by atoms with Crippen LogP contribution in [0.4, 0.5) is 0 Å². The van der Waals surface area contributed by atoms with E-state index in [1.165, 1.54) is 11.3 Å². The van der Waals surface area contributed by atoms with Crippen molar-refractivity contribution >= 4 is 25.8 Å². The average molecular weight is 336 g/mol. The third-order valence-corrected chi connectivity index (χ3v) is 4.67. The second-order valence-electron chi connectivity index (χ2n) is 6.21. The molecule has 0 saturated carbocycles. The topological polar surface area (TPSA) is 147 Å². The molecule has 11 heteroatoms. The first kappa shape index (κ1) is 16.7. The number of fused-ring (bicyclic) bond motifs is 1. The van der Waals surface area contributed by atoms with Gasteiger partial charge in [0.1, 0.15) is 12.0 Å². The normalized spacial score (nSPS) is 28.4. The molecule has 2 unspecified atom stereocenters. The second kappa shape index (κ2) is 6.42. The molecule has 0 bridgehead atoms. The number of nitrogens with one attached hydrogen (secondary N) is 1. The van der Waals surface area contributed by atoms with Crippen LogP contribution in [0.3, 0.4) is 0 Å². The minimum absolute atomic E-state index is 0.218. The van der Waals surface area contributed by atoms with Gasteiger partial charge in [0.05, 0.1) is 12.3 Å². The number of hydrogen-bond acceptors (Lipinski definition) is 9. The molecule has 0 radical (unpaired) electrons. The molecule has 0 amide bonds. The van der Waals surface area contributed by atoms with Gasteiger partial charge in [-0.1, -0.05) is 6.42 Å². The Morgan fingerprint density at radius 2 is 2.33 bits per heavy atom. The van der Waals surface area contributed by atoms with Crippen molar-refractivity contribution in [2.75, 3.05) is 13.1 Å². The summed E-state index contributed by atoms with van der Waals surface area (Å²) in [4.78, 5) is 21.9. The van der Waals surface area contributed by atoms with E-state index in [1.807, 2.05) is 4.90 Å². The van der Waals surface area contributed by atoms with Crippen LogP contribution in [0.5, 0.6) is 0 Å². The van der Waals surface area contributed by atoms with Crippen molar-refractivity contribution < 1.29 is 19.9 Å². The zero-order chi connectivity index (χ0) is 17.3. The lowest BCUT2D eigenvalue weighted by atomic mass is 9.81. The van der Waals surface area contributed by atoms with Crippen LogP contribution >= 0.6 is 0 Å². The maximum atomic E-state index is 11.2. The molecule has 0 spiro atoms. The summed E-state index contributed by atoms with van der Waals surface area (Å²) < 4.78 is 0. The molecule has 10 nitrogen and oxygen atoms in total. The summed E-state index contributed by atoms with van der Waals surface area (Å²) in [5.41, 5.74) is -0.168. The van der Waals surface area contributed by atoms with E-state index >= 15 is 0 Å². The number of aliphatic carboxylic acids is 1. The predicted molar refractivity (Wildman–Crippen MR) is 87.5 cm³/mol. The summed E-state index contributed by atoms with van der Waals surface area (Å²) in [6.45, 7) is 0.994.